The average Bonchev–Trinajstić information content (AvgIpc) is 3.32. The minimum atomic E-state index is -0.940. The number of carbonyl (C=O) groups excluding carboxylic acids is 3. The lowest BCUT2D eigenvalue weighted by Crippen LogP contribution is -2.38. The standard InChI is InChI=1S/C23H24N2O6/c1-15-10-17-11-18(24-12-20(22(27)29-2)31-23(24)28)8-9-19(17)25(15)21(26)14-30-13-16-6-4-3-5-7-16/h3-9,11,15,20H,10,12-14H2,1-2H3/t15-,20-/m1/s1. The number of nitrogens with zero attached hydrogens (tertiary/aromatic N) is 2. The molecule has 2 heterocycles. The van der Waals surface area contributed by atoms with Crippen molar-refractivity contribution in [1.29, 1.82) is 0 Å². The molecule has 2 aliphatic rings. The minimum Gasteiger partial charge on any atom is -0.466 e. The number of methoxy groups -OCH3 is 1. The molecule has 31 heavy (non-hydrogen) atoms. The molecule has 1 saturated heterocycles. The van der Waals surface area contributed by atoms with E-state index in [0.29, 0.717) is 18.7 Å². The second-order valence-corrected chi connectivity index (χ2v) is 7.61. The maximum Gasteiger partial charge on any atom is 0.415 e. The predicted octanol–water partition coefficient (Wildman–Crippen LogP) is 2.68. The predicted molar refractivity (Wildman–Crippen MR) is 113 cm³/mol. The van der Waals surface area contributed by atoms with Gasteiger partial charge in [0.15, 0.2) is 0 Å². The fourth-order valence-electron chi connectivity index (χ4n) is 3.99. The number of rotatable bonds is 6. The van der Waals surface area contributed by atoms with E-state index in [1.807, 2.05) is 49.4 Å². The van der Waals surface area contributed by atoms with E-state index < -0.39 is 18.2 Å². The number of ether oxygens (including phenoxy) is 3. The van der Waals surface area contributed by atoms with Crippen molar-refractivity contribution in [3.05, 3.63) is 59.7 Å². The monoisotopic (exact) mass is 424 g/mol. The minimum absolute atomic E-state index is 0.0142. The molecule has 2 aromatic carbocycles. The lowest BCUT2D eigenvalue weighted by molar-refractivity contribution is -0.148. The van der Waals surface area contributed by atoms with Crippen LogP contribution in [0.5, 0.6) is 0 Å². The second-order valence-electron chi connectivity index (χ2n) is 7.61. The van der Waals surface area contributed by atoms with Gasteiger partial charge in [-0.2, -0.15) is 0 Å². The maximum atomic E-state index is 12.8. The van der Waals surface area contributed by atoms with Crippen molar-refractivity contribution in [2.45, 2.75) is 32.1 Å². The molecule has 0 bridgehead atoms. The summed E-state index contributed by atoms with van der Waals surface area (Å²) in [4.78, 5) is 39.8. The Labute approximate surface area is 180 Å². The van der Waals surface area contributed by atoms with Gasteiger partial charge in [-0.1, -0.05) is 30.3 Å². The lowest BCUT2D eigenvalue weighted by atomic mass is 10.1. The SMILES string of the molecule is COC(=O)[C@H]1CN(c2ccc3c(c2)C[C@@H](C)N3C(=O)COCc2ccccc2)C(=O)O1. The van der Waals surface area contributed by atoms with Crippen LogP contribution >= 0.6 is 0 Å². The highest BCUT2D eigenvalue weighted by Crippen LogP contribution is 2.36. The van der Waals surface area contributed by atoms with Crippen LogP contribution in [0, 0.1) is 0 Å². The molecule has 162 valence electrons. The molecule has 0 radical (unpaired) electrons. The summed E-state index contributed by atoms with van der Waals surface area (Å²) < 4.78 is 15.4. The van der Waals surface area contributed by atoms with Crippen molar-refractivity contribution >= 4 is 29.3 Å². The summed E-state index contributed by atoms with van der Waals surface area (Å²) in [5, 5.41) is 0. The Morgan fingerprint density at radius 2 is 1.94 bits per heavy atom. The third-order valence-corrected chi connectivity index (χ3v) is 5.47. The van der Waals surface area contributed by atoms with Gasteiger partial charge in [0, 0.05) is 17.4 Å². The lowest BCUT2D eigenvalue weighted by Gasteiger charge is -2.23. The fourth-order valence-corrected chi connectivity index (χ4v) is 3.99. The van der Waals surface area contributed by atoms with E-state index in [9.17, 15) is 14.4 Å². The molecule has 0 aromatic heterocycles. The summed E-state index contributed by atoms with van der Waals surface area (Å²) in [6.07, 6.45) is -0.871. The van der Waals surface area contributed by atoms with E-state index in [2.05, 4.69) is 4.74 Å². The van der Waals surface area contributed by atoms with Crippen LogP contribution in [-0.4, -0.2) is 50.4 Å². The third kappa shape index (κ3) is 4.25. The summed E-state index contributed by atoms with van der Waals surface area (Å²) in [5.74, 6) is -0.695. The zero-order valence-corrected chi connectivity index (χ0v) is 17.4. The van der Waals surface area contributed by atoms with Gasteiger partial charge >= 0.3 is 12.1 Å². The summed E-state index contributed by atoms with van der Waals surface area (Å²) in [7, 11) is 1.25. The molecule has 0 N–H and O–H groups in total. The Balaban J connectivity index is 1.43. The van der Waals surface area contributed by atoms with E-state index in [-0.39, 0.29) is 25.1 Å². The normalized spacial score (nSPS) is 19.9. The topological polar surface area (TPSA) is 85.4 Å². The Hall–Kier alpha value is -3.39. The molecule has 2 aromatic rings. The van der Waals surface area contributed by atoms with Gasteiger partial charge < -0.3 is 19.1 Å². The quantitative estimate of drug-likeness (QED) is 0.663. The number of carbonyl (C=O) groups is 3. The second kappa shape index (κ2) is 8.77. The Kier molecular flexibility index (Phi) is 5.90. The van der Waals surface area contributed by atoms with Gasteiger partial charge in [0.05, 0.1) is 20.3 Å². The number of amides is 2. The molecule has 4 rings (SSSR count). The van der Waals surface area contributed by atoms with Gasteiger partial charge in [0.1, 0.15) is 6.61 Å². The summed E-state index contributed by atoms with van der Waals surface area (Å²) >= 11 is 0. The maximum absolute atomic E-state index is 12.8. The number of benzene rings is 2. The molecular weight excluding hydrogens is 400 g/mol. The van der Waals surface area contributed by atoms with Crippen LogP contribution in [-0.2, 0) is 36.8 Å². The summed E-state index contributed by atoms with van der Waals surface area (Å²) in [6.45, 7) is 2.43. The van der Waals surface area contributed by atoms with Crippen molar-refractivity contribution in [3.63, 3.8) is 0 Å². The number of hydrogen-bond donors (Lipinski definition) is 0. The van der Waals surface area contributed by atoms with Crippen LogP contribution in [0.25, 0.3) is 0 Å². The number of anilines is 2. The van der Waals surface area contributed by atoms with Gasteiger partial charge in [-0.25, -0.2) is 9.59 Å². The molecule has 2 aliphatic heterocycles. The largest absolute Gasteiger partial charge is 0.466 e. The Morgan fingerprint density at radius 1 is 1.16 bits per heavy atom. The molecule has 8 nitrogen and oxygen atoms in total. The van der Waals surface area contributed by atoms with Crippen molar-refractivity contribution in [1.82, 2.24) is 0 Å². The van der Waals surface area contributed by atoms with E-state index in [1.165, 1.54) is 12.0 Å². The number of fused-ring (bicyclic) bond motifs is 1. The highest BCUT2D eigenvalue weighted by Gasteiger charge is 2.39. The molecule has 1 fully saturated rings. The Morgan fingerprint density at radius 3 is 2.68 bits per heavy atom. The number of esters is 1. The first-order valence-corrected chi connectivity index (χ1v) is 10.1. The van der Waals surface area contributed by atoms with Crippen molar-refractivity contribution in [3.8, 4) is 0 Å². The number of hydrogen-bond acceptors (Lipinski definition) is 6. The molecule has 0 aliphatic carbocycles. The van der Waals surface area contributed by atoms with Crippen LogP contribution in [0.15, 0.2) is 48.5 Å². The van der Waals surface area contributed by atoms with Crippen molar-refractivity contribution in [2.75, 3.05) is 30.1 Å². The van der Waals surface area contributed by atoms with E-state index in [0.717, 1.165) is 16.8 Å². The smallest absolute Gasteiger partial charge is 0.415 e. The van der Waals surface area contributed by atoms with Gasteiger partial charge in [0.2, 0.25) is 6.10 Å². The van der Waals surface area contributed by atoms with Crippen LogP contribution in [0.2, 0.25) is 0 Å². The highest BCUT2D eigenvalue weighted by molar-refractivity contribution is 5.98. The van der Waals surface area contributed by atoms with Crippen LogP contribution < -0.4 is 9.80 Å². The van der Waals surface area contributed by atoms with Crippen LogP contribution in [0.3, 0.4) is 0 Å². The Bertz CT molecular complexity index is 993. The molecule has 8 heteroatoms. The highest BCUT2D eigenvalue weighted by atomic mass is 16.6. The first-order chi connectivity index (χ1) is 15.0. The van der Waals surface area contributed by atoms with Crippen molar-refractivity contribution < 1.29 is 28.6 Å². The van der Waals surface area contributed by atoms with Crippen LogP contribution in [0.4, 0.5) is 16.2 Å². The van der Waals surface area contributed by atoms with Crippen LogP contribution in [0.1, 0.15) is 18.1 Å². The number of cyclic esters (lactones) is 1. The molecule has 0 saturated carbocycles. The van der Waals surface area contributed by atoms with E-state index in [4.69, 9.17) is 9.47 Å². The van der Waals surface area contributed by atoms with Gasteiger partial charge in [-0.3, -0.25) is 9.69 Å². The zero-order chi connectivity index (χ0) is 22.0. The van der Waals surface area contributed by atoms with Gasteiger partial charge in [0.25, 0.3) is 5.91 Å². The average molecular weight is 424 g/mol. The molecule has 2 amide bonds. The van der Waals surface area contributed by atoms with Crippen molar-refractivity contribution in [2.24, 2.45) is 0 Å². The first kappa shape index (κ1) is 20.9. The summed E-state index contributed by atoms with van der Waals surface area (Å²) in [5.41, 5.74) is 3.40. The van der Waals surface area contributed by atoms with E-state index in [1.54, 1.807) is 11.0 Å². The zero-order valence-electron chi connectivity index (χ0n) is 17.4. The van der Waals surface area contributed by atoms with Gasteiger partial charge in [-0.15, -0.1) is 0 Å². The fraction of sp³-hybridized carbons (Fsp3) is 0.348. The molecular formula is C23H24N2O6. The summed E-state index contributed by atoms with van der Waals surface area (Å²) in [6, 6.07) is 15.1. The van der Waals surface area contributed by atoms with Gasteiger partial charge in [-0.05, 0) is 42.7 Å². The molecule has 0 unspecified atom stereocenters. The molecule has 0 spiro atoms. The van der Waals surface area contributed by atoms with E-state index >= 15 is 0 Å². The third-order valence-electron chi connectivity index (χ3n) is 5.47. The molecule has 2 atom stereocenters. The first-order valence-electron chi connectivity index (χ1n) is 10.1.